The number of unbranched alkanes of at least 4 members (excludes halogenated alkanes) is 10. The Hall–Kier alpha value is -3.02. The van der Waals surface area contributed by atoms with Gasteiger partial charge in [-0.1, -0.05) is 102 Å². The lowest BCUT2D eigenvalue weighted by molar-refractivity contribution is 0.199. The van der Waals surface area contributed by atoms with Crippen LogP contribution < -0.4 is 20.1 Å². The van der Waals surface area contributed by atoms with Gasteiger partial charge in [-0.25, -0.2) is 9.59 Å². The van der Waals surface area contributed by atoms with E-state index < -0.39 is 12.2 Å². The molecule has 0 aliphatic rings. The van der Waals surface area contributed by atoms with Crippen molar-refractivity contribution in [2.45, 2.75) is 90.9 Å². The van der Waals surface area contributed by atoms with Gasteiger partial charge in [0.15, 0.2) is 0 Å². The van der Waals surface area contributed by atoms with Gasteiger partial charge in [-0.05, 0) is 48.2 Å². The molecule has 2 N–H and O–H groups in total. The van der Waals surface area contributed by atoms with Crippen LogP contribution in [0, 0.1) is 0 Å². The van der Waals surface area contributed by atoms with Crippen molar-refractivity contribution < 1.29 is 19.1 Å². The van der Waals surface area contributed by atoms with E-state index in [1.165, 1.54) is 51.4 Å². The van der Waals surface area contributed by atoms with Gasteiger partial charge < -0.3 is 20.1 Å². The van der Waals surface area contributed by atoms with Crippen molar-refractivity contribution in [2.24, 2.45) is 0 Å². The standard InChI is InChI=1S/C30H44N2O4/c1-3-5-7-9-11-13-23-31-29(33)35-27-19-15-25(16-20-27)26-17-21-28(22-18-26)36-30(34)32-24-14-12-10-8-6-4-2/h15-22H,3-14,23-24H2,1-2H3,(H,31,33)(H,32,34). The van der Waals surface area contributed by atoms with E-state index in [0.29, 0.717) is 24.6 Å². The first-order valence-electron chi connectivity index (χ1n) is 13.7. The molecule has 0 aliphatic carbocycles. The molecule has 0 spiro atoms. The molecule has 0 aliphatic heterocycles. The maximum absolute atomic E-state index is 12.0. The molecule has 0 bridgehead atoms. The summed E-state index contributed by atoms with van der Waals surface area (Å²) in [4.78, 5) is 24.0. The Morgan fingerprint density at radius 1 is 0.528 bits per heavy atom. The molecule has 0 saturated carbocycles. The molecule has 0 heterocycles. The Morgan fingerprint density at radius 2 is 0.861 bits per heavy atom. The summed E-state index contributed by atoms with van der Waals surface area (Å²) < 4.78 is 10.7. The van der Waals surface area contributed by atoms with Crippen LogP contribution in [-0.2, 0) is 0 Å². The summed E-state index contributed by atoms with van der Waals surface area (Å²) in [7, 11) is 0. The zero-order valence-corrected chi connectivity index (χ0v) is 22.2. The van der Waals surface area contributed by atoms with E-state index in [1.807, 2.05) is 24.3 Å². The van der Waals surface area contributed by atoms with Crippen LogP contribution in [0.4, 0.5) is 9.59 Å². The molecule has 6 nitrogen and oxygen atoms in total. The summed E-state index contributed by atoms with van der Waals surface area (Å²) in [5.41, 5.74) is 1.96. The zero-order chi connectivity index (χ0) is 25.8. The molecule has 0 fully saturated rings. The zero-order valence-electron chi connectivity index (χ0n) is 22.2. The number of carbonyl (C=O) groups is 2. The highest BCUT2D eigenvalue weighted by Gasteiger charge is 2.07. The lowest BCUT2D eigenvalue weighted by Gasteiger charge is -2.09. The number of amides is 2. The summed E-state index contributed by atoms with van der Waals surface area (Å²) in [6, 6.07) is 14.7. The highest BCUT2D eigenvalue weighted by molar-refractivity contribution is 5.72. The second-order valence-electron chi connectivity index (χ2n) is 9.22. The third-order valence-electron chi connectivity index (χ3n) is 6.06. The van der Waals surface area contributed by atoms with E-state index in [-0.39, 0.29) is 0 Å². The van der Waals surface area contributed by atoms with Gasteiger partial charge in [-0.15, -0.1) is 0 Å². The molecular weight excluding hydrogens is 452 g/mol. The minimum absolute atomic E-state index is 0.424. The summed E-state index contributed by atoms with van der Waals surface area (Å²) >= 11 is 0. The fraction of sp³-hybridized carbons (Fsp3) is 0.533. The molecule has 6 heteroatoms. The third kappa shape index (κ3) is 12.6. The topological polar surface area (TPSA) is 76.7 Å². The maximum atomic E-state index is 12.0. The van der Waals surface area contributed by atoms with E-state index in [9.17, 15) is 9.59 Å². The average molecular weight is 497 g/mol. The number of nitrogens with one attached hydrogen (secondary N) is 2. The van der Waals surface area contributed by atoms with E-state index in [0.717, 1.165) is 36.8 Å². The van der Waals surface area contributed by atoms with Gasteiger partial charge >= 0.3 is 12.2 Å². The minimum atomic E-state index is -0.424. The lowest BCUT2D eigenvalue weighted by atomic mass is 10.1. The predicted molar refractivity (Wildman–Crippen MR) is 147 cm³/mol. The number of hydrogen-bond donors (Lipinski definition) is 2. The van der Waals surface area contributed by atoms with Crippen molar-refractivity contribution in [3.8, 4) is 22.6 Å². The summed E-state index contributed by atoms with van der Waals surface area (Å²) in [6.45, 7) is 5.68. The van der Waals surface area contributed by atoms with Gasteiger partial charge in [0, 0.05) is 13.1 Å². The average Bonchev–Trinajstić information content (AvgIpc) is 2.88. The second-order valence-corrected chi connectivity index (χ2v) is 9.22. The molecule has 0 atom stereocenters. The fourth-order valence-electron chi connectivity index (χ4n) is 3.91. The molecule has 0 unspecified atom stereocenters. The first kappa shape index (κ1) is 29.2. The Kier molecular flexibility index (Phi) is 14.8. The SMILES string of the molecule is CCCCCCCCNC(=O)Oc1ccc(-c2ccc(OC(=O)NCCCCCCCC)cc2)cc1. The van der Waals surface area contributed by atoms with Crippen LogP contribution >= 0.6 is 0 Å². The van der Waals surface area contributed by atoms with Crippen molar-refractivity contribution in [1.29, 1.82) is 0 Å². The number of hydrogen-bond acceptors (Lipinski definition) is 4. The summed E-state index contributed by atoms with van der Waals surface area (Å²) in [5.74, 6) is 1.00. The first-order valence-corrected chi connectivity index (χ1v) is 13.7. The first-order chi connectivity index (χ1) is 17.6. The van der Waals surface area contributed by atoms with Crippen LogP contribution in [0.1, 0.15) is 90.9 Å². The molecule has 198 valence electrons. The van der Waals surface area contributed by atoms with Gasteiger partial charge in [-0.2, -0.15) is 0 Å². The van der Waals surface area contributed by atoms with Gasteiger partial charge in [-0.3, -0.25) is 0 Å². The van der Waals surface area contributed by atoms with Gasteiger partial charge in [0.1, 0.15) is 11.5 Å². The van der Waals surface area contributed by atoms with E-state index in [1.54, 1.807) is 24.3 Å². The second kappa shape index (κ2) is 18.3. The van der Waals surface area contributed by atoms with E-state index >= 15 is 0 Å². The highest BCUT2D eigenvalue weighted by Crippen LogP contribution is 2.25. The predicted octanol–water partition coefficient (Wildman–Crippen LogP) is 8.25. The van der Waals surface area contributed by atoms with E-state index in [2.05, 4.69) is 24.5 Å². The van der Waals surface area contributed by atoms with Crippen LogP contribution in [0.3, 0.4) is 0 Å². The highest BCUT2D eigenvalue weighted by atomic mass is 16.6. The molecule has 2 aromatic carbocycles. The van der Waals surface area contributed by atoms with Crippen LogP contribution in [0.2, 0.25) is 0 Å². The minimum Gasteiger partial charge on any atom is -0.410 e. The largest absolute Gasteiger partial charge is 0.412 e. The fourth-order valence-corrected chi connectivity index (χ4v) is 3.91. The molecule has 2 rings (SSSR count). The molecule has 0 radical (unpaired) electrons. The van der Waals surface area contributed by atoms with Crippen molar-refractivity contribution >= 4 is 12.2 Å². The van der Waals surface area contributed by atoms with Crippen molar-refractivity contribution in [3.05, 3.63) is 48.5 Å². The van der Waals surface area contributed by atoms with Crippen LogP contribution in [0.15, 0.2) is 48.5 Å². The Bertz CT molecular complexity index is 792. The van der Waals surface area contributed by atoms with Crippen LogP contribution in [-0.4, -0.2) is 25.3 Å². The van der Waals surface area contributed by atoms with Crippen molar-refractivity contribution in [1.82, 2.24) is 10.6 Å². The Labute approximate surface area is 217 Å². The normalized spacial score (nSPS) is 10.6. The van der Waals surface area contributed by atoms with Crippen LogP contribution in [0.25, 0.3) is 11.1 Å². The molecule has 2 amide bonds. The number of benzene rings is 2. The lowest BCUT2D eigenvalue weighted by Crippen LogP contribution is -2.27. The molecule has 2 aromatic rings. The van der Waals surface area contributed by atoms with E-state index in [4.69, 9.17) is 9.47 Å². The number of carbonyl (C=O) groups excluding carboxylic acids is 2. The Morgan fingerprint density at radius 3 is 1.22 bits per heavy atom. The molecule has 0 aromatic heterocycles. The number of rotatable bonds is 17. The maximum Gasteiger partial charge on any atom is 0.412 e. The van der Waals surface area contributed by atoms with Gasteiger partial charge in [0.2, 0.25) is 0 Å². The quantitative estimate of drug-likeness (QED) is 0.216. The Balaban J connectivity index is 1.67. The summed E-state index contributed by atoms with van der Waals surface area (Å²) in [5, 5.41) is 5.62. The number of ether oxygens (including phenoxy) is 2. The third-order valence-corrected chi connectivity index (χ3v) is 6.06. The van der Waals surface area contributed by atoms with Crippen LogP contribution in [0.5, 0.6) is 11.5 Å². The van der Waals surface area contributed by atoms with Gasteiger partial charge in [0.05, 0.1) is 0 Å². The molecule has 36 heavy (non-hydrogen) atoms. The summed E-state index contributed by atoms with van der Waals surface area (Å²) in [6.07, 6.45) is 13.3. The smallest absolute Gasteiger partial charge is 0.410 e. The molecular formula is C30H44N2O4. The molecule has 0 saturated heterocycles. The van der Waals surface area contributed by atoms with Crippen molar-refractivity contribution in [3.63, 3.8) is 0 Å². The van der Waals surface area contributed by atoms with Gasteiger partial charge in [0.25, 0.3) is 0 Å². The monoisotopic (exact) mass is 496 g/mol. The van der Waals surface area contributed by atoms with Crippen molar-refractivity contribution in [2.75, 3.05) is 13.1 Å².